The number of hydrogen-bond donors (Lipinski definition) is 1. The standard InChI is InChI=1S/C12H15FN2O2/c1-12(2,3)17-11(16)15-10(14)8-6-4-5-7-9(8)13/h4-7H,1-3H3,(H2,14,15,16). The molecule has 0 fully saturated rings. The second-order valence-corrected chi connectivity index (χ2v) is 4.46. The van der Waals surface area contributed by atoms with Gasteiger partial charge in [0.25, 0.3) is 0 Å². The van der Waals surface area contributed by atoms with Crippen molar-refractivity contribution < 1.29 is 13.9 Å². The number of benzene rings is 1. The van der Waals surface area contributed by atoms with Crippen LogP contribution in [0.3, 0.4) is 0 Å². The van der Waals surface area contributed by atoms with Crippen molar-refractivity contribution in [1.29, 1.82) is 0 Å². The lowest BCUT2D eigenvalue weighted by atomic mass is 10.2. The minimum Gasteiger partial charge on any atom is -0.442 e. The van der Waals surface area contributed by atoms with Crippen molar-refractivity contribution in [3.05, 3.63) is 35.6 Å². The summed E-state index contributed by atoms with van der Waals surface area (Å²) >= 11 is 0. The molecule has 0 aromatic heterocycles. The Balaban J connectivity index is 2.87. The van der Waals surface area contributed by atoms with Crippen LogP contribution in [0, 0.1) is 5.82 Å². The third-order valence-electron chi connectivity index (χ3n) is 1.76. The van der Waals surface area contributed by atoms with Gasteiger partial charge in [0.1, 0.15) is 17.3 Å². The van der Waals surface area contributed by atoms with Gasteiger partial charge in [-0.2, -0.15) is 4.99 Å². The third kappa shape index (κ3) is 4.22. The summed E-state index contributed by atoms with van der Waals surface area (Å²) in [6.07, 6.45) is -0.835. The molecule has 5 heteroatoms. The van der Waals surface area contributed by atoms with Crippen LogP contribution in [-0.2, 0) is 4.74 Å². The fraction of sp³-hybridized carbons (Fsp3) is 0.333. The van der Waals surface area contributed by atoms with Gasteiger partial charge in [-0.05, 0) is 32.9 Å². The smallest absolute Gasteiger partial charge is 0.436 e. The number of ether oxygens (including phenoxy) is 1. The molecule has 1 rings (SSSR count). The number of nitrogens with two attached hydrogens (primary N) is 1. The molecular formula is C12H15FN2O2. The first-order valence-corrected chi connectivity index (χ1v) is 5.11. The molecule has 92 valence electrons. The predicted octanol–water partition coefficient (Wildman–Crippen LogP) is 2.47. The van der Waals surface area contributed by atoms with E-state index in [0.717, 1.165) is 0 Å². The summed E-state index contributed by atoms with van der Waals surface area (Å²) in [4.78, 5) is 14.8. The van der Waals surface area contributed by atoms with Crippen LogP contribution in [0.1, 0.15) is 26.3 Å². The van der Waals surface area contributed by atoms with Gasteiger partial charge >= 0.3 is 6.09 Å². The quantitative estimate of drug-likeness (QED) is 0.603. The zero-order valence-corrected chi connectivity index (χ0v) is 10.0. The Bertz CT molecular complexity index is 450. The Hall–Kier alpha value is -1.91. The Morgan fingerprint density at radius 2 is 1.94 bits per heavy atom. The lowest BCUT2D eigenvalue weighted by Gasteiger charge is -2.17. The van der Waals surface area contributed by atoms with Crippen molar-refractivity contribution in [1.82, 2.24) is 0 Å². The van der Waals surface area contributed by atoms with Gasteiger partial charge in [0.15, 0.2) is 0 Å². The summed E-state index contributed by atoms with van der Waals surface area (Å²) in [5, 5.41) is 0. The van der Waals surface area contributed by atoms with Crippen LogP contribution >= 0.6 is 0 Å². The van der Waals surface area contributed by atoms with E-state index in [1.807, 2.05) is 0 Å². The molecule has 0 saturated carbocycles. The Morgan fingerprint density at radius 3 is 2.47 bits per heavy atom. The largest absolute Gasteiger partial charge is 0.442 e. The molecule has 0 unspecified atom stereocenters. The van der Waals surface area contributed by atoms with Crippen LogP contribution in [-0.4, -0.2) is 17.5 Å². The fourth-order valence-corrected chi connectivity index (χ4v) is 1.11. The average Bonchev–Trinajstić information content (AvgIpc) is 2.14. The van der Waals surface area contributed by atoms with E-state index in [2.05, 4.69) is 4.99 Å². The van der Waals surface area contributed by atoms with Crippen LogP contribution in [0.2, 0.25) is 0 Å². The van der Waals surface area contributed by atoms with Crippen LogP contribution in [0.15, 0.2) is 29.3 Å². The van der Waals surface area contributed by atoms with Gasteiger partial charge in [-0.1, -0.05) is 12.1 Å². The lowest BCUT2D eigenvalue weighted by Crippen LogP contribution is -2.24. The molecular weight excluding hydrogens is 223 g/mol. The molecule has 0 radical (unpaired) electrons. The molecule has 0 aliphatic carbocycles. The third-order valence-corrected chi connectivity index (χ3v) is 1.76. The van der Waals surface area contributed by atoms with E-state index in [4.69, 9.17) is 10.5 Å². The Morgan fingerprint density at radius 1 is 1.35 bits per heavy atom. The molecule has 0 spiro atoms. The van der Waals surface area contributed by atoms with Crippen LogP contribution in [0.4, 0.5) is 9.18 Å². The predicted molar refractivity (Wildman–Crippen MR) is 63.4 cm³/mol. The normalized spacial score (nSPS) is 12.4. The van der Waals surface area contributed by atoms with E-state index < -0.39 is 17.5 Å². The van der Waals surface area contributed by atoms with E-state index in [1.54, 1.807) is 26.8 Å². The minimum atomic E-state index is -0.835. The highest BCUT2D eigenvalue weighted by molar-refractivity contribution is 6.02. The fourth-order valence-electron chi connectivity index (χ4n) is 1.11. The molecule has 0 aliphatic heterocycles. The van der Waals surface area contributed by atoms with Crippen LogP contribution in [0.25, 0.3) is 0 Å². The van der Waals surface area contributed by atoms with Gasteiger partial charge in [0, 0.05) is 0 Å². The number of amidine groups is 1. The van der Waals surface area contributed by atoms with E-state index in [1.165, 1.54) is 18.2 Å². The maximum atomic E-state index is 13.3. The van der Waals surface area contributed by atoms with E-state index in [9.17, 15) is 9.18 Å². The summed E-state index contributed by atoms with van der Waals surface area (Å²) in [5.74, 6) is -0.727. The summed E-state index contributed by atoms with van der Waals surface area (Å²) in [5.41, 5.74) is 4.95. The monoisotopic (exact) mass is 238 g/mol. The second-order valence-electron chi connectivity index (χ2n) is 4.46. The van der Waals surface area contributed by atoms with Crippen molar-refractivity contribution in [3.63, 3.8) is 0 Å². The molecule has 17 heavy (non-hydrogen) atoms. The summed E-state index contributed by atoms with van der Waals surface area (Å²) in [6, 6.07) is 5.82. The van der Waals surface area contributed by atoms with Crippen molar-refractivity contribution in [2.75, 3.05) is 0 Å². The highest BCUT2D eigenvalue weighted by atomic mass is 19.1. The summed E-state index contributed by atoms with van der Waals surface area (Å²) in [7, 11) is 0. The van der Waals surface area contributed by atoms with Crippen molar-refractivity contribution >= 4 is 11.9 Å². The number of nitrogens with zero attached hydrogens (tertiary/aromatic N) is 1. The number of hydrogen-bond acceptors (Lipinski definition) is 2. The lowest BCUT2D eigenvalue weighted by molar-refractivity contribution is 0.0604. The number of carbonyl (C=O) groups excluding carboxylic acids is 1. The maximum absolute atomic E-state index is 13.3. The molecule has 0 saturated heterocycles. The van der Waals surface area contributed by atoms with Crippen LogP contribution in [0.5, 0.6) is 0 Å². The zero-order valence-electron chi connectivity index (χ0n) is 10.0. The molecule has 1 aromatic carbocycles. The molecule has 0 heterocycles. The molecule has 0 aliphatic rings. The highest BCUT2D eigenvalue weighted by Crippen LogP contribution is 2.10. The number of amides is 1. The SMILES string of the molecule is CC(C)(C)OC(=O)/N=C(\N)c1ccccc1F. The Labute approximate surface area is 99.3 Å². The van der Waals surface area contributed by atoms with Gasteiger partial charge in [0.2, 0.25) is 0 Å². The molecule has 0 bridgehead atoms. The first-order valence-electron chi connectivity index (χ1n) is 5.11. The van der Waals surface area contributed by atoms with Crippen molar-refractivity contribution in [2.24, 2.45) is 10.7 Å². The Kier molecular flexibility index (Phi) is 3.83. The minimum absolute atomic E-state index is 0.0818. The molecule has 0 atom stereocenters. The number of rotatable bonds is 1. The summed E-state index contributed by atoms with van der Waals surface area (Å²) < 4.78 is 18.3. The van der Waals surface area contributed by atoms with Gasteiger partial charge < -0.3 is 10.5 Å². The van der Waals surface area contributed by atoms with E-state index in [-0.39, 0.29) is 11.4 Å². The molecule has 4 nitrogen and oxygen atoms in total. The van der Waals surface area contributed by atoms with Gasteiger partial charge in [-0.15, -0.1) is 0 Å². The van der Waals surface area contributed by atoms with Gasteiger partial charge in [-0.3, -0.25) is 0 Å². The zero-order chi connectivity index (χ0) is 13.1. The average molecular weight is 238 g/mol. The molecule has 2 N–H and O–H groups in total. The van der Waals surface area contributed by atoms with E-state index in [0.29, 0.717) is 0 Å². The first-order chi connectivity index (χ1) is 7.79. The number of aliphatic imine (C=N–C) groups is 1. The first kappa shape index (κ1) is 13.2. The van der Waals surface area contributed by atoms with Gasteiger partial charge in [0.05, 0.1) is 5.56 Å². The van der Waals surface area contributed by atoms with E-state index >= 15 is 0 Å². The second kappa shape index (κ2) is 4.95. The number of carbonyl (C=O) groups is 1. The summed E-state index contributed by atoms with van der Waals surface area (Å²) in [6.45, 7) is 5.12. The van der Waals surface area contributed by atoms with Crippen molar-refractivity contribution in [3.8, 4) is 0 Å². The van der Waals surface area contributed by atoms with Crippen molar-refractivity contribution in [2.45, 2.75) is 26.4 Å². The van der Waals surface area contributed by atoms with Crippen LogP contribution < -0.4 is 5.73 Å². The maximum Gasteiger partial charge on any atom is 0.436 e. The molecule has 1 amide bonds. The highest BCUT2D eigenvalue weighted by Gasteiger charge is 2.16. The molecule has 1 aromatic rings. The van der Waals surface area contributed by atoms with Gasteiger partial charge in [-0.25, -0.2) is 9.18 Å². The topological polar surface area (TPSA) is 64.7 Å². The number of halogens is 1.